The van der Waals surface area contributed by atoms with Crippen molar-refractivity contribution in [2.24, 2.45) is 0 Å². The lowest BCUT2D eigenvalue weighted by Crippen LogP contribution is -2.26. The first kappa shape index (κ1) is 44.9. The van der Waals surface area contributed by atoms with Gasteiger partial charge in [-0.2, -0.15) is 0 Å². The summed E-state index contributed by atoms with van der Waals surface area (Å²) in [6, 6.07) is 77.8. The summed E-state index contributed by atoms with van der Waals surface area (Å²) in [7, 11) is 0. The molecule has 4 aliphatic carbocycles. The minimum absolute atomic E-state index is 0.194. The summed E-state index contributed by atoms with van der Waals surface area (Å²) < 4.78 is 13.5. The number of aryl methyl sites for hydroxylation is 3. The van der Waals surface area contributed by atoms with Crippen LogP contribution in [-0.2, 0) is 16.2 Å². The van der Waals surface area contributed by atoms with Crippen molar-refractivity contribution in [1.82, 2.24) is 0 Å². The van der Waals surface area contributed by atoms with Crippen LogP contribution in [0.4, 0.5) is 17.1 Å². The Balaban J connectivity index is 0.910. The van der Waals surface area contributed by atoms with E-state index in [0.29, 0.717) is 0 Å². The first-order valence-electron chi connectivity index (χ1n) is 28.0. The first-order chi connectivity index (χ1) is 38.4. The Morgan fingerprint density at radius 1 is 0.342 bits per heavy atom. The summed E-state index contributed by atoms with van der Waals surface area (Å²) in [5.41, 5.74) is 33.0. The predicted molar refractivity (Wildman–Crippen MR) is 327 cm³/mol. The van der Waals surface area contributed by atoms with E-state index in [1.165, 1.54) is 128 Å². The topological polar surface area (TPSA) is 29.5 Å². The van der Waals surface area contributed by atoms with Gasteiger partial charge in [-0.1, -0.05) is 179 Å². The third-order valence-electron chi connectivity index (χ3n) is 19.1. The van der Waals surface area contributed by atoms with Crippen molar-refractivity contribution in [1.29, 1.82) is 0 Å². The fourth-order valence-corrected chi connectivity index (χ4v) is 15.8. The number of anilines is 3. The SMILES string of the molecule is Cc1cc(C)c(N(c2ccc3c(c2)C(C)(C)c2cc4c(cc2-3)C(C)(C)c2ccc3oc5ccccc5c3c2-4)c2ccc3c(c2)C2(c4ccccc4-c4ccccc42)c2cc(-c4ccccc4)c4oc5ccccc5c4c2-3)c(C)c1. The van der Waals surface area contributed by atoms with E-state index in [1.807, 2.05) is 0 Å². The van der Waals surface area contributed by atoms with Gasteiger partial charge < -0.3 is 13.7 Å². The van der Waals surface area contributed by atoms with Crippen LogP contribution < -0.4 is 4.90 Å². The van der Waals surface area contributed by atoms with Gasteiger partial charge >= 0.3 is 0 Å². The molecular weight excluding hydrogens is 959 g/mol. The molecule has 79 heavy (non-hydrogen) atoms. The van der Waals surface area contributed by atoms with Gasteiger partial charge in [-0.3, -0.25) is 0 Å². The number of fused-ring (bicyclic) bond motifs is 24. The van der Waals surface area contributed by atoms with Crippen LogP contribution in [-0.4, -0.2) is 0 Å². The molecule has 17 rings (SSSR count). The summed E-state index contributed by atoms with van der Waals surface area (Å²) in [6.07, 6.45) is 0. The summed E-state index contributed by atoms with van der Waals surface area (Å²) in [4.78, 5) is 2.57. The Morgan fingerprint density at radius 2 is 0.861 bits per heavy atom. The highest BCUT2D eigenvalue weighted by Gasteiger charge is 2.53. The van der Waals surface area contributed by atoms with E-state index in [9.17, 15) is 0 Å². The molecule has 0 fully saturated rings. The smallest absolute Gasteiger partial charge is 0.143 e. The quantitative estimate of drug-likeness (QED) is 0.176. The molecule has 0 bridgehead atoms. The minimum Gasteiger partial charge on any atom is -0.456 e. The molecule has 0 radical (unpaired) electrons. The largest absolute Gasteiger partial charge is 0.456 e. The van der Waals surface area contributed by atoms with Crippen LogP contribution in [0.5, 0.6) is 0 Å². The molecule has 376 valence electrons. The molecule has 4 aliphatic rings. The van der Waals surface area contributed by atoms with Crippen LogP contribution >= 0.6 is 0 Å². The summed E-state index contributed by atoms with van der Waals surface area (Å²) in [6.45, 7) is 16.5. The van der Waals surface area contributed by atoms with Crippen LogP contribution in [0.1, 0.15) is 88.9 Å². The van der Waals surface area contributed by atoms with Gasteiger partial charge in [-0.05, 0) is 187 Å². The van der Waals surface area contributed by atoms with Gasteiger partial charge in [0.15, 0.2) is 0 Å². The molecule has 1 spiro atoms. The fourth-order valence-electron chi connectivity index (χ4n) is 15.8. The zero-order chi connectivity index (χ0) is 53.0. The third-order valence-corrected chi connectivity index (χ3v) is 19.1. The lowest BCUT2D eigenvalue weighted by Gasteiger charge is -2.33. The van der Waals surface area contributed by atoms with Crippen molar-refractivity contribution in [2.75, 3.05) is 4.90 Å². The molecule has 0 unspecified atom stereocenters. The highest BCUT2D eigenvalue weighted by atomic mass is 16.3. The average molecular weight is 1010 g/mol. The second kappa shape index (κ2) is 15.3. The molecule has 0 aliphatic heterocycles. The molecule has 3 heteroatoms. The van der Waals surface area contributed by atoms with E-state index in [0.717, 1.165) is 50.2 Å². The number of benzene rings is 11. The monoisotopic (exact) mass is 1010 g/mol. The van der Waals surface area contributed by atoms with Crippen LogP contribution in [0.25, 0.3) is 99.5 Å². The van der Waals surface area contributed by atoms with Crippen molar-refractivity contribution in [3.63, 3.8) is 0 Å². The summed E-state index contributed by atoms with van der Waals surface area (Å²) in [5, 5.41) is 4.70. The number of hydrogen-bond donors (Lipinski definition) is 0. The summed E-state index contributed by atoms with van der Waals surface area (Å²) in [5.74, 6) is 0. The zero-order valence-electron chi connectivity index (χ0n) is 45.4. The van der Waals surface area contributed by atoms with Gasteiger partial charge in [0.25, 0.3) is 0 Å². The highest BCUT2D eigenvalue weighted by Crippen LogP contribution is 2.66. The lowest BCUT2D eigenvalue weighted by molar-refractivity contribution is 0.651. The Bertz CT molecular complexity index is 4810. The van der Waals surface area contributed by atoms with Crippen molar-refractivity contribution in [3.8, 4) is 55.6 Å². The molecular formula is C76H55NO2. The lowest BCUT2D eigenvalue weighted by atomic mass is 9.70. The minimum atomic E-state index is -0.629. The number of rotatable bonds is 4. The van der Waals surface area contributed by atoms with E-state index < -0.39 is 5.41 Å². The van der Waals surface area contributed by atoms with Gasteiger partial charge in [0.1, 0.15) is 22.3 Å². The van der Waals surface area contributed by atoms with Crippen LogP contribution in [0.2, 0.25) is 0 Å². The Kier molecular flexibility index (Phi) is 8.70. The maximum Gasteiger partial charge on any atom is 0.143 e. The number of furan rings is 2. The van der Waals surface area contributed by atoms with Crippen molar-refractivity contribution >= 4 is 60.9 Å². The second-order valence-corrected chi connectivity index (χ2v) is 24.1. The van der Waals surface area contributed by atoms with Crippen LogP contribution in [0.3, 0.4) is 0 Å². The second-order valence-electron chi connectivity index (χ2n) is 24.1. The van der Waals surface area contributed by atoms with Crippen molar-refractivity contribution < 1.29 is 8.83 Å². The van der Waals surface area contributed by atoms with E-state index >= 15 is 0 Å². The van der Waals surface area contributed by atoms with E-state index in [4.69, 9.17) is 8.83 Å². The van der Waals surface area contributed by atoms with Gasteiger partial charge in [0.05, 0.1) is 11.1 Å². The molecule has 0 saturated heterocycles. The standard InChI is InChI=1S/C76H55NO2/c1-42-35-43(2)72(44(3)36-42)77(46-29-31-50-55-40-62-56(41-61(55)75(6,7)60(50)37-46)69-59(74(62,4)5)33-34-67-70(69)52-23-13-17-27-65(52)78-67)47-30-32-51-63(38-47)76(57-25-15-11-21-48(57)49-22-12-16-26-58(49)76)64-39-54(45-19-9-8-10-20-45)73-71(68(51)64)53-24-14-18-28-66(53)79-73/h8-41H,1-7H3. The van der Waals surface area contributed by atoms with Crippen LogP contribution in [0, 0.1) is 20.8 Å². The Hall–Kier alpha value is -9.18. The highest BCUT2D eigenvalue weighted by molar-refractivity contribution is 6.20. The molecule has 0 saturated carbocycles. The van der Waals surface area contributed by atoms with Crippen molar-refractivity contribution in [2.45, 2.75) is 64.7 Å². The van der Waals surface area contributed by atoms with Gasteiger partial charge in [-0.25, -0.2) is 0 Å². The van der Waals surface area contributed by atoms with E-state index in [-0.39, 0.29) is 10.8 Å². The molecule has 0 amide bonds. The zero-order valence-corrected chi connectivity index (χ0v) is 45.4. The first-order valence-corrected chi connectivity index (χ1v) is 28.0. The molecule has 0 atom stereocenters. The molecule has 2 aromatic heterocycles. The molecule has 11 aromatic carbocycles. The van der Waals surface area contributed by atoms with Crippen molar-refractivity contribution in [3.05, 3.63) is 267 Å². The predicted octanol–water partition coefficient (Wildman–Crippen LogP) is 20.5. The number of hydrogen-bond acceptors (Lipinski definition) is 3. The maximum absolute atomic E-state index is 7.02. The maximum atomic E-state index is 7.02. The molecule has 3 nitrogen and oxygen atoms in total. The van der Waals surface area contributed by atoms with Gasteiger partial charge in [-0.15, -0.1) is 0 Å². The molecule has 13 aromatic rings. The van der Waals surface area contributed by atoms with E-state index in [1.54, 1.807) is 0 Å². The number of nitrogens with zero attached hydrogens (tertiary/aromatic N) is 1. The van der Waals surface area contributed by atoms with E-state index in [2.05, 4.69) is 260 Å². The van der Waals surface area contributed by atoms with Crippen LogP contribution in [0.15, 0.2) is 215 Å². The normalized spacial score (nSPS) is 15.1. The average Bonchev–Trinajstić information content (AvgIpc) is 2.24. The third kappa shape index (κ3) is 5.62. The fraction of sp³-hybridized carbons (Fsp3) is 0.132. The van der Waals surface area contributed by atoms with Gasteiger partial charge in [0.2, 0.25) is 0 Å². The summed E-state index contributed by atoms with van der Waals surface area (Å²) >= 11 is 0. The van der Waals surface area contributed by atoms with Gasteiger partial charge in [0, 0.05) is 49.3 Å². The Morgan fingerprint density at radius 3 is 1.57 bits per heavy atom. The Labute approximate surface area is 460 Å². The molecule has 0 N–H and O–H groups in total. The number of para-hydroxylation sites is 2. The molecule has 2 heterocycles.